The maximum absolute atomic E-state index is 13.3. The van der Waals surface area contributed by atoms with Gasteiger partial charge in [0.15, 0.2) is 0 Å². The van der Waals surface area contributed by atoms with Crippen molar-refractivity contribution in [2.75, 3.05) is 17.2 Å². The average Bonchev–Trinajstić information content (AvgIpc) is 3.37. The van der Waals surface area contributed by atoms with Gasteiger partial charge in [-0.1, -0.05) is 63.3 Å². The summed E-state index contributed by atoms with van der Waals surface area (Å²) in [4.78, 5) is 17.4. The Morgan fingerprint density at radius 2 is 1.73 bits per heavy atom. The van der Waals surface area contributed by atoms with Crippen LogP contribution in [0.15, 0.2) is 97.4 Å². The molecule has 4 aromatic rings. The number of rotatable bonds is 9. The largest absolute Gasteiger partial charge is 0.493 e. The molecular formula is C33H37N5O2. The molecule has 0 fully saturated rings. The van der Waals surface area contributed by atoms with Crippen molar-refractivity contribution in [2.24, 2.45) is 0 Å². The van der Waals surface area contributed by atoms with Crippen LogP contribution in [0.25, 0.3) is 16.5 Å². The van der Waals surface area contributed by atoms with Crippen LogP contribution in [0.1, 0.15) is 45.9 Å². The predicted molar refractivity (Wildman–Crippen MR) is 165 cm³/mol. The summed E-state index contributed by atoms with van der Waals surface area (Å²) >= 11 is 0. The van der Waals surface area contributed by atoms with Crippen molar-refractivity contribution in [3.05, 3.63) is 109 Å². The summed E-state index contributed by atoms with van der Waals surface area (Å²) in [6.07, 6.45) is 14.1. The van der Waals surface area contributed by atoms with Gasteiger partial charge >= 0.3 is 6.03 Å². The van der Waals surface area contributed by atoms with Gasteiger partial charge in [-0.25, -0.2) is 9.48 Å². The number of hydrogen-bond donors (Lipinski definition) is 2. The molecule has 2 heterocycles. The molecule has 0 bridgehead atoms. The Kier molecular flexibility index (Phi) is 9.17. The fraction of sp³-hybridized carbons (Fsp3) is 0.242. The number of amides is 2. The molecular weight excluding hydrogens is 498 g/mol. The molecule has 206 valence electrons. The van der Waals surface area contributed by atoms with E-state index in [2.05, 4.69) is 36.4 Å². The molecule has 2 amide bonds. The quantitative estimate of drug-likeness (QED) is 0.213. The molecule has 40 heavy (non-hydrogen) atoms. The van der Waals surface area contributed by atoms with Gasteiger partial charge in [0.25, 0.3) is 0 Å². The standard InChI is InChI=1S/C33H37N5O2/c1-6-8-12-25(11-7-2)38-31(23-30(37-38)33(3,4)5)36-32(39)35-28-15-16-29(27-14-10-9-13-26(27)28)40-22-19-24-17-20-34-21-18-24/h6-18,20-21,23H,19,22H2,1-5H3,(H2,35,36,39)/b8-6+,11-7-,25-12+. The van der Waals surface area contributed by atoms with Gasteiger partial charge in [0.2, 0.25) is 0 Å². The van der Waals surface area contributed by atoms with E-state index in [1.807, 2.05) is 98.8 Å². The smallest absolute Gasteiger partial charge is 0.324 e. The monoisotopic (exact) mass is 535 g/mol. The summed E-state index contributed by atoms with van der Waals surface area (Å²) in [6, 6.07) is 17.2. The molecule has 0 aliphatic carbocycles. The third-order valence-corrected chi connectivity index (χ3v) is 6.29. The Morgan fingerprint density at radius 1 is 0.975 bits per heavy atom. The van der Waals surface area contributed by atoms with Gasteiger partial charge < -0.3 is 10.1 Å². The van der Waals surface area contributed by atoms with Crippen LogP contribution in [0.2, 0.25) is 0 Å². The molecule has 0 radical (unpaired) electrons. The topological polar surface area (TPSA) is 81.1 Å². The second-order valence-corrected chi connectivity index (χ2v) is 10.4. The maximum atomic E-state index is 13.3. The summed E-state index contributed by atoms with van der Waals surface area (Å²) < 4.78 is 7.89. The second kappa shape index (κ2) is 12.9. The van der Waals surface area contributed by atoms with E-state index in [1.54, 1.807) is 17.1 Å². The van der Waals surface area contributed by atoms with E-state index in [9.17, 15) is 4.79 Å². The number of allylic oxidation sites excluding steroid dienone is 6. The summed E-state index contributed by atoms with van der Waals surface area (Å²) in [5.41, 5.74) is 3.38. The Balaban J connectivity index is 1.56. The molecule has 7 heteroatoms. The van der Waals surface area contributed by atoms with E-state index in [0.717, 1.165) is 34.3 Å². The number of anilines is 2. The van der Waals surface area contributed by atoms with Crippen molar-refractivity contribution < 1.29 is 9.53 Å². The summed E-state index contributed by atoms with van der Waals surface area (Å²) in [6.45, 7) is 10.7. The van der Waals surface area contributed by atoms with Crippen LogP contribution < -0.4 is 15.4 Å². The number of pyridine rings is 1. The highest BCUT2D eigenvalue weighted by Crippen LogP contribution is 2.32. The Bertz CT molecular complexity index is 1540. The van der Waals surface area contributed by atoms with Gasteiger partial charge in [-0.3, -0.25) is 10.3 Å². The van der Waals surface area contributed by atoms with Crippen LogP contribution in [0, 0.1) is 0 Å². The molecule has 0 saturated carbocycles. The highest BCUT2D eigenvalue weighted by Gasteiger charge is 2.22. The molecule has 2 aromatic heterocycles. The van der Waals surface area contributed by atoms with Crippen LogP contribution >= 0.6 is 0 Å². The lowest BCUT2D eigenvalue weighted by atomic mass is 9.92. The zero-order chi connectivity index (χ0) is 28.5. The Labute approximate surface area is 236 Å². The number of ether oxygens (including phenoxy) is 1. The van der Waals surface area contributed by atoms with Crippen LogP contribution in [0.5, 0.6) is 5.75 Å². The van der Waals surface area contributed by atoms with Gasteiger partial charge in [-0.2, -0.15) is 5.10 Å². The second-order valence-electron chi connectivity index (χ2n) is 10.4. The fourth-order valence-electron chi connectivity index (χ4n) is 4.20. The first-order valence-electron chi connectivity index (χ1n) is 13.5. The number of carbonyl (C=O) groups excluding carboxylic acids is 1. The number of nitrogens with zero attached hydrogens (tertiary/aromatic N) is 3. The molecule has 0 atom stereocenters. The molecule has 4 rings (SSSR count). The lowest BCUT2D eigenvalue weighted by Crippen LogP contribution is -2.21. The summed E-state index contributed by atoms with van der Waals surface area (Å²) in [7, 11) is 0. The molecule has 2 N–H and O–H groups in total. The van der Waals surface area contributed by atoms with Gasteiger partial charge in [0, 0.05) is 41.1 Å². The van der Waals surface area contributed by atoms with Crippen LogP contribution in [0.3, 0.4) is 0 Å². The van der Waals surface area contributed by atoms with Crippen molar-refractivity contribution in [1.29, 1.82) is 0 Å². The molecule has 0 aliphatic rings. The fourth-order valence-corrected chi connectivity index (χ4v) is 4.20. The lowest BCUT2D eigenvalue weighted by Gasteiger charge is -2.14. The zero-order valence-electron chi connectivity index (χ0n) is 23.8. The molecule has 0 unspecified atom stereocenters. The van der Waals surface area contributed by atoms with E-state index in [1.165, 1.54) is 5.56 Å². The third kappa shape index (κ3) is 7.05. The first-order valence-corrected chi connectivity index (χ1v) is 13.5. The number of aromatic nitrogens is 3. The third-order valence-electron chi connectivity index (χ3n) is 6.29. The molecule has 7 nitrogen and oxygen atoms in total. The normalized spacial score (nSPS) is 12.4. The van der Waals surface area contributed by atoms with E-state index in [4.69, 9.17) is 9.84 Å². The highest BCUT2D eigenvalue weighted by atomic mass is 16.5. The minimum Gasteiger partial charge on any atom is -0.493 e. The van der Waals surface area contributed by atoms with Crippen molar-refractivity contribution in [3.63, 3.8) is 0 Å². The number of urea groups is 1. The number of benzene rings is 2. The van der Waals surface area contributed by atoms with E-state index in [0.29, 0.717) is 18.1 Å². The predicted octanol–water partition coefficient (Wildman–Crippen LogP) is 7.99. The van der Waals surface area contributed by atoms with Crippen LogP contribution in [0.4, 0.5) is 16.3 Å². The minimum absolute atomic E-state index is 0.191. The van der Waals surface area contributed by atoms with Gasteiger partial charge in [0.1, 0.15) is 11.6 Å². The maximum Gasteiger partial charge on any atom is 0.324 e. The first-order chi connectivity index (χ1) is 19.3. The average molecular weight is 536 g/mol. The molecule has 0 saturated heterocycles. The molecule has 0 aliphatic heterocycles. The zero-order valence-corrected chi connectivity index (χ0v) is 23.8. The van der Waals surface area contributed by atoms with E-state index < -0.39 is 0 Å². The molecule has 2 aromatic carbocycles. The number of hydrogen-bond acceptors (Lipinski definition) is 4. The van der Waals surface area contributed by atoms with E-state index >= 15 is 0 Å². The number of nitrogens with one attached hydrogen (secondary N) is 2. The minimum atomic E-state index is -0.357. The first kappa shape index (κ1) is 28.4. The van der Waals surface area contributed by atoms with Crippen molar-refractivity contribution in [3.8, 4) is 5.75 Å². The molecule has 0 spiro atoms. The number of carbonyl (C=O) groups is 1. The Morgan fingerprint density at radius 3 is 2.42 bits per heavy atom. The Hall–Kier alpha value is -4.65. The van der Waals surface area contributed by atoms with Crippen LogP contribution in [-0.2, 0) is 11.8 Å². The van der Waals surface area contributed by atoms with Gasteiger partial charge in [-0.05, 0) is 55.8 Å². The lowest BCUT2D eigenvalue weighted by molar-refractivity contribution is 0.262. The van der Waals surface area contributed by atoms with Crippen LogP contribution in [-0.4, -0.2) is 27.4 Å². The number of fused-ring (bicyclic) bond motifs is 1. The van der Waals surface area contributed by atoms with Crippen molar-refractivity contribution in [2.45, 2.75) is 46.5 Å². The van der Waals surface area contributed by atoms with Gasteiger partial charge in [-0.15, -0.1) is 0 Å². The summed E-state index contributed by atoms with van der Waals surface area (Å²) in [5.74, 6) is 1.35. The summed E-state index contributed by atoms with van der Waals surface area (Å²) in [5, 5.41) is 12.7. The highest BCUT2D eigenvalue weighted by molar-refractivity contribution is 6.07. The van der Waals surface area contributed by atoms with Crippen molar-refractivity contribution >= 4 is 34.0 Å². The van der Waals surface area contributed by atoms with Crippen molar-refractivity contribution in [1.82, 2.24) is 14.8 Å². The van der Waals surface area contributed by atoms with Gasteiger partial charge in [0.05, 0.1) is 23.7 Å². The van der Waals surface area contributed by atoms with E-state index in [-0.39, 0.29) is 11.4 Å². The SMILES string of the molecule is C\C=C/C(=C\C=C\C)n1nc(C(C)(C)C)cc1NC(=O)Nc1ccc(OCCc2ccncc2)c2ccccc12.